The topological polar surface area (TPSA) is 123 Å². The van der Waals surface area contributed by atoms with Crippen LogP contribution in [0.3, 0.4) is 0 Å². The molecule has 0 aliphatic carbocycles. The molecule has 2 saturated heterocycles. The number of fused-ring (bicyclic) bond motifs is 1. The van der Waals surface area contributed by atoms with Crippen molar-refractivity contribution in [1.82, 2.24) is 19.4 Å². The highest BCUT2D eigenvalue weighted by molar-refractivity contribution is 6.06. The molecule has 2 N–H and O–H groups in total. The van der Waals surface area contributed by atoms with Gasteiger partial charge in [0, 0.05) is 39.2 Å². The number of hydrogen-bond donors (Lipinski definition) is 2. The molecule has 0 radical (unpaired) electrons. The van der Waals surface area contributed by atoms with E-state index < -0.39 is 18.0 Å². The molecule has 196 valence electrons. The number of likely N-dealkylation sites (tertiary alicyclic amines) is 1. The van der Waals surface area contributed by atoms with Gasteiger partial charge in [0.2, 0.25) is 0 Å². The maximum atomic E-state index is 13.1. The summed E-state index contributed by atoms with van der Waals surface area (Å²) in [4.78, 5) is 51.2. The number of para-hydroxylation sites is 1. The van der Waals surface area contributed by atoms with Crippen LogP contribution in [0.2, 0.25) is 0 Å². The normalized spacial score (nSPS) is 23.2. The minimum atomic E-state index is -1.14. The van der Waals surface area contributed by atoms with Crippen molar-refractivity contribution < 1.29 is 24.2 Å². The first kappa shape index (κ1) is 25.9. The average Bonchev–Trinajstić information content (AvgIpc) is 3.07. The Morgan fingerprint density at radius 1 is 1.22 bits per heavy atom. The fraction of sp³-hybridized carbons (Fsp3) is 0.615. The Morgan fingerprint density at radius 3 is 2.64 bits per heavy atom. The number of carbonyl (C=O) groups is 3. The molecule has 2 fully saturated rings. The molecular weight excluding hydrogens is 464 g/mol. The lowest BCUT2D eigenvalue weighted by Crippen LogP contribution is -2.53. The van der Waals surface area contributed by atoms with Crippen LogP contribution in [0.15, 0.2) is 23.0 Å². The zero-order chi connectivity index (χ0) is 26.2. The van der Waals surface area contributed by atoms with Crippen molar-refractivity contribution in [2.75, 3.05) is 19.7 Å². The summed E-state index contributed by atoms with van der Waals surface area (Å²) in [5.74, 6) is -0.697. The number of amides is 2. The first-order valence-corrected chi connectivity index (χ1v) is 12.6. The summed E-state index contributed by atoms with van der Waals surface area (Å²) in [6, 6.07) is 4.33. The summed E-state index contributed by atoms with van der Waals surface area (Å²) in [6.45, 7) is 7.44. The quantitative estimate of drug-likeness (QED) is 0.464. The Labute approximate surface area is 210 Å². The van der Waals surface area contributed by atoms with Crippen LogP contribution in [0, 0.1) is 5.41 Å². The number of carbonyl (C=O) groups excluding carboxylic acids is 2. The van der Waals surface area contributed by atoms with Crippen LogP contribution in [0.5, 0.6) is 0 Å². The predicted octanol–water partition coefficient (Wildman–Crippen LogP) is 2.48. The van der Waals surface area contributed by atoms with Gasteiger partial charge in [-0.25, -0.2) is 9.59 Å². The predicted molar refractivity (Wildman–Crippen MR) is 134 cm³/mol. The molecule has 2 amide bonds. The molecule has 1 aromatic carbocycles. The van der Waals surface area contributed by atoms with Gasteiger partial charge in [0.15, 0.2) is 11.8 Å². The van der Waals surface area contributed by atoms with Crippen LogP contribution >= 0.6 is 0 Å². The zero-order valence-corrected chi connectivity index (χ0v) is 21.5. The summed E-state index contributed by atoms with van der Waals surface area (Å²) in [6.07, 6.45) is 2.05. The number of imidazole rings is 1. The molecule has 0 saturated carbocycles. The van der Waals surface area contributed by atoms with Gasteiger partial charge in [0.05, 0.1) is 17.1 Å². The van der Waals surface area contributed by atoms with Crippen LogP contribution < -0.4 is 11.0 Å². The number of ether oxygens (including phenoxy) is 1. The number of nitrogens with one attached hydrogen (secondary N) is 1. The maximum absolute atomic E-state index is 13.1. The third-order valence-corrected chi connectivity index (χ3v) is 7.41. The van der Waals surface area contributed by atoms with Gasteiger partial charge in [-0.1, -0.05) is 32.9 Å². The number of hydrogen-bond acceptors (Lipinski definition) is 5. The number of benzene rings is 1. The van der Waals surface area contributed by atoms with Crippen molar-refractivity contribution in [3.05, 3.63) is 34.2 Å². The van der Waals surface area contributed by atoms with E-state index in [-0.39, 0.29) is 35.5 Å². The molecule has 10 nitrogen and oxygen atoms in total. The van der Waals surface area contributed by atoms with Crippen molar-refractivity contribution >= 4 is 28.8 Å². The van der Waals surface area contributed by atoms with E-state index >= 15 is 0 Å². The van der Waals surface area contributed by atoms with Gasteiger partial charge < -0.3 is 20.1 Å². The van der Waals surface area contributed by atoms with Crippen LogP contribution in [0.4, 0.5) is 4.79 Å². The standard InChI is InChI=1S/C26H36N4O6/c1-26(2,3)20-15-17(11-13-29(20)25(34)35)36-14-6-8-16-7-5-9-18-21(16)28(4)24(33)30(18)22-19(31)10-12-27-23(22)32/h5,7,9,17,20,22H,6,8,10-15H2,1-4H3,(H,27,32)(H,34,35). The lowest BCUT2D eigenvalue weighted by atomic mass is 9.80. The third-order valence-electron chi connectivity index (χ3n) is 7.41. The molecule has 10 heteroatoms. The van der Waals surface area contributed by atoms with E-state index in [4.69, 9.17) is 4.74 Å². The van der Waals surface area contributed by atoms with Gasteiger partial charge in [0.1, 0.15) is 0 Å². The Kier molecular flexibility index (Phi) is 7.26. The summed E-state index contributed by atoms with van der Waals surface area (Å²) in [5.41, 5.74) is 1.68. The highest BCUT2D eigenvalue weighted by Crippen LogP contribution is 2.33. The van der Waals surface area contributed by atoms with E-state index in [9.17, 15) is 24.3 Å². The highest BCUT2D eigenvalue weighted by atomic mass is 16.5. The van der Waals surface area contributed by atoms with Crippen LogP contribution in [-0.2, 0) is 27.8 Å². The molecule has 1 aromatic heterocycles. The van der Waals surface area contributed by atoms with E-state index in [1.165, 1.54) is 14.0 Å². The molecule has 2 aromatic rings. The summed E-state index contributed by atoms with van der Waals surface area (Å²) < 4.78 is 8.99. The summed E-state index contributed by atoms with van der Waals surface area (Å²) in [5, 5.41) is 12.2. The van der Waals surface area contributed by atoms with E-state index in [0.29, 0.717) is 44.5 Å². The maximum Gasteiger partial charge on any atom is 0.407 e. The average molecular weight is 501 g/mol. The van der Waals surface area contributed by atoms with E-state index in [1.807, 2.05) is 12.1 Å². The van der Waals surface area contributed by atoms with Crippen molar-refractivity contribution in [3.8, 4) is 0 Å². The Morgan fingerprint density at radius 2 is 1.97 bits per heavy atom. The van der Waals surface area contributed by atoms with Crippen molar-refractivity contribution in [2.24, 2.45) is 12.5 Å². The molecule has 36 heavy (non-hydrogen) atoms. The molecule has 3 atom stereocenters. The second kappa shape index (κ2) is 10.1. The lowest BCUT2D eigenvalue weighted by molar-refractivity contribution is -0.135. The SMILES string of the molecule is Cn1c(=O)n(C2C(=O)CCNC2=O)c2cccc(CCCOC3CCN(C(=O)O)C(C(C)(C)C)C3)c21. The number of aromatic nitrogens is 2. The minimum absolute atomic E-state index is 0.00174. The molecular formula is C26H36N4O6. The fourth-order valence-corrected chi connectivity index (χ4v) is 5.57. The second-order valence-electron chi connectivity index (χ2n) is 10.9. The number of aryl methyl sites for hydroxylation is 2. The molecule has 2 aliphatic rings. The van der Waals surface area contributed by atoms with Crippen LogP contribution in [-0.4, -0.2) is 68.8 Å². The summed E-state index contributed by atoms with van der Waals surface area (Å²) in [7, 11) is 1.66. The Balaban J connectivity index is 1.45. The van der Waals surface area contributed by atoms with Gasteiger partial charge >= 0.3 is 11.8 Å². The van der Waals surface area contributed by atoms with Crippen molar-refractivity contribution in [1.29, 1.82) is 0 Å². The molecule has 4 rings (SSSR count). The van der Waals surface area contributed by atoms with E-state index in [0.717, 1.165) is 17.5 Å². The molecule has 2 aliphatic heterocycles. The van der Waals surface area contributed by atoms with E-state index in [2.05, 4.69) is 26.1 Å². The molecule has 0 spiro atoms. The largest absolute Gasteiger partial charge is 0.465 e. The Bertz CT molecular complexity index is 1210. The number of rotatable bonds is 6. The second-order valence-corrected chi connectivity index (χ2v) is 10.9. The number of nitrogens with zero attached hydrogens (tertiary/aromatic N) is 3. The monoisotopic (exact) mass is 500 g/mol. The minimum Gasteiger partial charge on any atom is -0.465 e. The van der Waals surface area contributed by atoms with Gasteiger partial charge in [0.25, 0.3) is 5.91 Å². The van der Waals surface area contributed by atoms with Gasteiger partial charge in [-0.05, 0) is 42.7 Å². The van der Waals surface area contributed by atoms with E-state index in [1.54, 1.807) is 13.1 Å². The van der Waals surface area contributed by atoms with Gasteiger partial charge in [-0.15, -0.1) is 0 Å². The fourth-order valence-electron chi connectivity index (χ4n) is 5.57. The smallest absolute Gasteiger partial charge is 0.407 e. The van der Waals surface area contributed by atoms with Crippen molar-refractivity contribution in [2.45, 2.75) is 71.1 Å². The Hall–Kier alpha value is -3.14. The number of Topliss-reactive ketones (excluding diaryl/α,β-unsaturated/α-hetero) is 1. The van der Waals surface area contributed by atoms with Gasteiger partial charge in [-0.3, -0.25) is 18.7 Å². The molecule has 3 unspecified atom stereocenters. The first-order chi connectivity index (χ1) is 17.0. The molecule has 0 bridgehead atoms. The third kappa shape index (κ3) is 4.91. The lowest BCUT2D eigenvalue weighted by Gasteiger charge is -2.44. The number of carboxylic acid groups (broad SMARTS) is 1. The van der Waals surface area contributed by atoms with Crippen LogP contribution in [0.1, 0.15) is 58.1 Å². The number of piperidine rings is 2. The number of ketones is 1. The first-order valence-electron chi connectivity index (χ1n) is 12.6. The van der Waals surface area contributed by atoms with Crippen LogP contribution in [0.25, 0.3) is 11.0 Å². The molecule has 3 heterocycles. The highest BCUT2D eigenvalue weighted by Gasteiger charge is 2.39. The van der Waals surface area contributed by atoms with Crippen molar-refractivity contribution in [3.63, 3.8) is 0 Å². The summed E-state index contributed by atoms with van der Waals surface area (Å²) >= 11 is 0. The van der Waals surface area contributed by atoms with Gasteiger partial charge in [-0.2, -0.15) is 0 Å². The zero-order valence-electron chi connectivity index (χ0n) is 21.5.